The summed E-state index contributed by atoms with van der Waals surface area (Å²) in [5.74, 6) is 0.208. The third-order valence-electron chi connectivity index (χ3n) is 2.89. The molecule has 2 N–H and O–H groups in total. The number of carbonyl (C=O) groups excluding carboxylic acids is 1. The summed E-state index contributed by atoms with van der Waals surface area (Å²) in [6, 6.07) is 7.16. The van der Waals surface area contributed by atoms with Crippen molar-refractivity contribution in [3.8, 4) is 0 Å². The van der Waals surface area contributed by atoms with Crippen molar-refractivity contribution in [2.75, 3.05) is 20.2 Å². The summed E-state index contributed by atoms with van der Waals surface area (Å²) >= 11 is 0. The van der Waals surface area contributed by atoms with Gasteiger partial charge in [0, 0.05) is 13.1 Å². The third-order valence-corrected chi connectivity index (χ3v) is 2.89. The van der Waals surface area contributed by atoms with Crippen LogP contribution in [0.4, 0.5) is 0 Å². The number of hydrogen-bond acceptors (Lipinski definition) is 3. The van der Waals surface area contributed by atoms with Gasteiger partial charge in [-0.3, -0.25) is 0 Å². The molecule has 0 bridgehead atoms. The summed E-state index contributed by atoms with van der Waals surface area (Å²) in [4.78, 5) is 17.6. The highest BCUT2D eigenvalue weighted by atomic mass is 127. The van der Waals surface area contributed by atoms with Gasteiger partial charge in [0.25, 0.3) is 0 Å². The van der Waals surface area contributed by atoms with Gasteiger partial charge in [0.1, 0.15) is 0 Å². The fourth-order valence-corrected chi connectivity index (χ4v) is 1.68. The van der Waals surface area contributed by atoms with E-state index < -0.39 is 0 Å². The van der Waals surface area contributed by atoms with Crippen molar-refractivity contribution < 1.29 is 9.53 Å². The zero-order valence-corrected chi connectivity index (χ0v) is 14.5. The van der Waals surface area contributed by atoms with Gasteiger partial charge in [-0.15, -0.1) is 24.0 Å². The second-order valence-electron chi connectivity index (χ2n) is 4.04. The van der Waals surface area contributed by atoms with Crippen LogP contribution >= 0.6 is 24.0 Å². The van der Waals surface area contributed by atoms with Crippen molar-refractivity contribution in [3.63, 3.8) is 0 Å². The highest BCUT2D eigenvalue weighted by Gasteiger charge is 2.05. The molecule has 1 aromatic carbocycles. The SMILES string of the molecule is CCN(CC)C(N)=NCc1ccc(C(=O)OC)cc1.I. The van der Waals surface area contributed by atoms with Crippen molar-refractivity contribution in [3.05, 3.63) is 35.4 Å². The molecule has 0 saturated heterocycles. The quantitative estimate of drug-likeness (QED) is 0.362. The lowest BCUT2D eigenvalue weighted by Crippen LogP contribution is -2.37. The van der Waals surface area contributed by atoms with E-state index in [0.717, 1.165) is 18.7 Å². The molecule has 0 aromatic heterocycles. The van der Waals surface area contributed by atoms with Crippen molar-refractivity contribution in [2.24, 2.45) is 10.7 Å². The summed E-state index contributed by atoms with van der Waals surface area (Å²) in [5, 5.41) is 0. The van der Waals surface area contributed by atoms with Crippen LogP contribution in [0.15, 0.2) is 29.3 Å². The number of rotatable bonds is 5. The Labute approximate surface area is 137 Å². The first-order valence-electron chi connectivity index (χ1n) is 6.34. The van der Waals surface area contributed by atoms with E-state index in [1.165, 1.54) is 7.11 Å². The lowest BCUT2D eigenvalue weighted by Gasteiger charge is -2.19. The molecule has 0 amide bonds. The van der Waals surface area contributed by atoms with Gasteiger partial charge in [0.15, 0.2) is 5.96 Å². The standard InChI is InChI=1S/C14H21N3O2.HI/c1-4-17(5-2)14(15)16-10-11-6-8-12(9-7-11)13(18)19-3;/h6-9H,4-5,10H2,1-3H3,(H2,15,16);1H. The summed E-state index contributed by atoms with van der Waals surface area (Å²) in [5.41, 5.74) is 7.43. The van der Waals surface area contributed by atoms with Crippen LogP contribution in [0.2, 0.25) is 0 Å². The molecular weight excluding hydrogens is 369 g/mol. The fourth-order valence-electron chi connectivity index (χ4n) is 1.68. The molecule has 0 heterocycles. The zero-order valence-electron chi connectivity index (χ0n) is 12.1. The predicted octanol–water partition coefficient (Wildman–Crippen LogP) is 2.25. The second-order valence-corrected chi connectivity index (χ2v) is 4.04. The van der Waals surface area contributed by atoms with E-state index in [2.05, 4.69) is 9.73 Å². The number of methoxy groups -OCH3 is 1. The molecule has 0 radical (unpaired) electrons. The van der Waals surface area contributed by atoms with Gasteiger partial charge in [-0.2, -0.15) is 0 Å². The van der Waals surface area contributed by atoms with E-state index in [9.17, 15) is 4.79 Å². The number of guanidine groups is 1. The maximum absolute atomic E-state index is 11.3. The Balaban J connectivity index is 0.00000361. The van der Waals surface area contributed by atoms with Crippen LogP contribution in [0, 0.1) is 0 Å². The number of aliphatic imine (C=N–C) groups is 1. The Morgan fingerprint density at radius 3 is 2.25 bits per heavy atom. The molecule has 6 heteroatoms. The third kappa shape index (κ3) is 5.36. The molecule has 0 aliphatic carbocycles. The van der Waals surface area contributed by atoms with Gasteiger partial charge >= 0.3 is 5.97 Å². The van der Waals surface area contributed by atoms with Crippen LogP contribution in [0.3, 0.4) is 0 Å². The minimum atomic E-state index is -0.335. The Morgan fingerprint density at radius 1 is 1.25 bits per heavy atom. The second kappa shape index (κ2) is 9.57. The van der Waals surface area contributed by atoms with Gasteiger partial charge in [0.05, 0.1) is 19.2 Å². The van der Waals surface area contributed by atoms with Crippen LogP contribution < -0.4 is 5.73 Å². The Morgan fingerprint density at radius 2 is 1.80 bits per heavy atom. The first kappa shape index (κ1) is 18.7. The molecule has 5 nitrogen and oxygen atoms in total. The van der Waals surface area contributed by atoms with E-state index in [-0.39, 0.29) is 29.9 Å². The van der Waals surface area contributed by atoms with E-state index >= 15 is 0 Å². The van der Waals surface area contributed by atoms with Gasteiger partial charge < -0.3 is 15.4 Å². The Hall–Kier alpha value is -1.31. The van der Waals surface area contributed by atoms with Gasteiger partial charge in [-0.1, -0.05) is 12.1 Å². The minimum Gasteiger partial charge on any atom is -0.465 e. The van der Waals surface area contributed by atoms with Crippen LogP contribution in [0.5, 0.6) is 0 Å². The van der Waals surface area contributed by atoms with Crippen LogP contribution in [-0.2, 0) is 11.3 Å². The summed E-state index contributed by atoms with van der Waals surface area (Å²) in [7, 11) is 1.37. The first-order chi connectivity index (χ1) is 9.12. The lowest BCUT2D eigenvalue weighted by molar-refractivity contribution is 0.0600. The highest BCUT2D eigenvalue weighted by molar-refractivity contribution is 14.0. The number of carbonyl (C=O) groups is 1. The maximum Gasteiger partial charge on any atom is 0.337 e. The Kier molecular flexibility index (Phi) is 8.94. The predicted molar refractivity (Wildman–Crippen MR) is 91.4 cm³/mol. The molecule has 0 fully saturated rings. The van der Waals surface area contributed by atoms with Crippen LogP contribution in [-0.4, -0.2) is 37.0 Å². The number of halogens is 1. The monoisotopic (exact) mass is 391 g/mol. The number of benzene rings is 1. The first-order valence-corrected chi connectivity index (χ1v) is 6.34. The molecule has 0 aliphatic heterocycles. The Bertz CT molecular complexity index is 442. The summed E-state index contributed by atoms with van der Waals surface area (Å²) < 4.78 is 4.64. The molecule has 0 spiro atoms. The number of hydrogen-bond donors (Lipinski definition) is 1. The highest BCUT2D eigenvalue weighted by Crippen LogP contribution is 2.07. The smallest absolute Gasteiger partial charge is 0.337 e. The molecule has 0 unspecified atom stereocenters. The normalized spacial score (nSPS) is 10.7. The minimum absolute atomic E-state index is 0. The molecule has 0 aliphatic rings. The number of nitrogens with two attached hydrogens (primary N) is 1. The number of esters is 1. The van der Waals surface area contributed by atoms with E-state index in [0.29, 0.717) is 18.1 Å². The van der Waals surface area contributed by atoms with Gasteiger partial charge in [0.2, 0.25) is 0 Å². The lowest BCUT2D eigenvalue weighted by atomic mass is 10.1. The molecule has 20 heavy (non-hydrogen) atoms. The topological polar surface area (TPSA) is 67.9 Å². The van der Waals surface area contributed by atoms with E-state index in [4.69, 9.17) is 5.73 Å². The van der Waals surface area contributed by atoms with Crippen molar-refractivity contribution >= 4 is 35.9 Å². The molecule has 112 valence electrons. The van der Waals surface area contributed by atoms with Gasteiger partial charge in [-0.05, 0) is 31.5 Å². The fraction of sp³-hybridized carbons (Fsp3) is 0.429. The van der Waals surface area contributed by atoms with E-state index in [1.807, 2.05) is 30.9 Å². The van der Waals surface area contributed by atoms with Crippen LogP contribution in [0.25, 0.3) is 0 Å². The summed E-state index contributed by atoms with van der Waals surface area (Å²) in [6.07, 6.45) is 0. The average molecular weight is 391 g/mol. The van der Waals surface area contributed by atoms with E-state index in [1.54, 1.807) is 12.1 Å². The molecule has 0 saturated carbocycles. The zero-order chi connectivity index (χ0) is 14.3. The average Bonchev–Trinajstić information content (AvgIpc) is 2.46. The van der Waals surface area contributed by atoms with Crippen molar-refractivity contribution in [1.29, 1.82) is 0 Å². The van der Waals surface area contributed by atoms with Crippen LogP contribution in [0.1, 0.15) is 29.8 Å². The molecule has 1 rings (SSSR count). The maximum atomic E-state index is 11.3. The molecular formula is C14H22IN3O2. The number of ether oxygens (including phenoxy) is 1. The van der Waals surface area contributed by atoms with Gasteiger partial charge in [-0.25, -0.2) is 9.79 Å². The van der Waals surface area contributed by atoms with Crippen molar-refractivity contribution in [1.82, 2.24) is 4.90 Å². The molecule has 1 aromatic rings. The van der Waals surface area contributed by atoms with Crippen molar-refractivity contribution in [2.45, 2.75) is 20.4 Å². The number of nitrogens with zero attached hydrogens (tertiary/aromatic N) is 2. The largest absolute Gasteiger partial charge is 0.465 e. The summed E-state index contributed by atoms with van der Waals surface area (Å²) in [6.45, 7) is 6.26. The molecule has 0 atom stereocenters.